The van der Waals surface area contributed by atoms with Crippen LogP contribution in [0.3, 0.4) is 0 Å². The Morgan fingerprint density at radius 1 is 1.33 bits per heavy atom. The predicted octanol–water partition coefficient (Wildman–Crippen LogP) is 0.472. The zero-order valence-electron chi connectivity index (χ0n) is 14.9. The number of aromatic nitrogens is 2. The van der Waals surface area contributed by atoms with Gasteiger partial charge in [-0.15, -0.1) is 12.4 Å². The molecule has 0 aromatic carbocycles. The highest BCUT2D eigenvalue weighted by atomic mass is 35.5. The monoisotopic (exact) mass is 357 g/mol. The van der Waals surface area contributed by atoms with Crippen LogP contribution < -0.4 is 5.32 Å². The normalized spacial score (nSPS) is 19.7. The number of hydrogen-bond acceptors (Lipinski definition) is 4. The van der Waals surface area contributed by atoms with Crippen molar-refractivity contribution in [3.63, 3.8) is 0 Å². The maximum absolute atomic E-state index is 12.8. The van der Waals surface area contributed by atoms with Crippen LogP contribution in [-0.2, 0) is 16.6 Å². The van der Waals surface area contributed by atoms with Crippen molar-refractivity contribution in [1.29, 1.82) is 0 Å². The highest BCUT2D eigenvalue weighted by Crippen LogP contribution is 2.29. The molecule has 0 radical (unpaired) electrons. The molecule has 1 saturated heterocycles. The topological polar surface area (TPSA) is 70.5 Å². The van der Waals surface area contributed by atoms with E-state index in [2.05, 4.69) is 10.4 Å². The Hall–Kier alpha value is -1.60. The van der Waals surface area contributed by atoms with Crippen LogP contribution in [0.2, 0.25) is 0 Å². The summed E-state index contributed by atoms with van der Waals surface area (Å²) in [5, 5.41) is 7.48. The number of nitrogens with one attached hydrogen (secondary N) is 1. The van der Waals surface area contributed by atoms with Crippen LogP contribution in [0.15, 0.2) is 12.4 Å². The molecule has 2 amide bonds. The van der Waals surface area contributed by atoms with Gasteiger partial charge >= 0.3 is 0 Å². The van der Waals surface area contributed by atoms with E-state index in [0.717, 1.165) is 12.1 Å². The number of nitrogens with zero attached hydrogens (tertiary/aromatic N) is 4. The molecule has 1 aliphatic rings. The van der Waals surface area contributed by atoms with Gasteiger partial charge in [-0.1, -0.05) is 0 Å². The molecular formula is C16H28ClN5O2. The minimum Gasteiger partial charge on any atom is -0.342 e. The molecular weight excluding hydrogens is 330 g/mol. The SMILES string of the molecule is CCN(CC)C(=O)CN(C)C(=O)[C@H]1CNC[C@@H]1c1cnn(C)c1.Cl. The quantitative estimate of drug-likeness (QED) is 0.803. The first-order chi connectivity index (χ1) is 11.0. The molecule has 136 valence electrons. The fourth-order valence-corrected chi connectivity index (χ4v) is 3.16. The molecule has 0 saturated carbocycles. The molecule has 8 heteroatoms. The lowest BCUT2D eigenvalue weighted by molar-refractivity contribution is -0.141. The summed E-state index contributed by atoms with van der Waals surface area (Å²) in [6, 6.07) is 0. The summed E-state index contributed by atoms with van der Waals surface area (Å²) in [6.45, 7) is 6.77. The van der Waals surface area contributed by atoms with E-state index in [0.29, 0.717) is 19.6 Å². The molecule has 1 fully saturated rings. The van der Waals surface area contributed by atoms with Gasteiger partial charge < -0.3 is 15.1 Å². The van der Waals surface area contributed by atoms with Crippen LogP contribution >= 0.6 is 12.4 Å². The second-order valence-corrected chi connectivity index (χ2v) is 6.08. The third-order valence-corrected chi connectivity index (χ3v) is 4.55. The number of amides is 2. The highest BCUT2D eigenvalue weighted by Gasteiger charge is 2.36. The molecule has 1 aromatic heterocycles. The van der Waals surface area contributed by atoms with Crippen molar-refractivity contribution in [2.45, 2.75) is 19.8 Å². The zero-order chi connectivity index (χ0) is 17.0. The number of aryl methyl sites for hydroxylation is 1. The third kappa shape index (κ3) is 4.48. The third-order valence-electron chi connectivity index (χ3n) is 4.55. The summed E-state index contributed by atoms with van der Waals surface area (Å²) < 4.78 is 1.75. The molecule has 24 heavy (non-hydrogen) atoms. The molecule has 0 bridgehead atoms. The van der Waals surface area contributed by atoms with Gasteiger partial charge in [0.1, 0.15) is 0 Å². The maximum Gasteiger partial charge on any atom is 0.242 e. The number of likely N-dealkylation sites (N-methyl/N-ethyl adjacent to an activating group) is 2. The van der Waals surface area contributed by atoms with Crippen molar-refractivity contribution < 1.29 is 9.59 Å². The Morgan fingerprint density at radius 2 is 2.00 bits per heavy atom. The maximum atomic E-state index is 12.8. The van der Waals surface area contributed by atoms with E-state index >= 15 is 0 Å². The van der Waals surface area contributed by atoms with Crippen LogP contribution in [0.4, 0.5) is 0 Å². The van der Waals surface area contributed by atoms with Gasteiger partial charge in [0.25, 0.3) is 0 Å². The van der Waals surface area contributed by atoms with Crippen LogP contribution in [-0.4, -0.2) is 71.2 Å². The van der Waals surface area contributed by atoms with Crippen molar-refractivity contribution in [2.75, 3.05) is 39.8 Å². The number of hydrogen-bond donors (Lipinski definition) is 1. The van der Waals surface area contributed by atoms with Crippen LogP contribution in [0.25, 0.3) is 0 Å². The highest BCUT2D eigenvalue weighted by molar-refractivity contribution is 5.86. The van der Waals surface area contributed by atoms with E-state index in [1.807, 2.05) is 33.3 Å². The smallest absolute Gasteiger partial charge is 0.242 e. The first-order valence-electron chi connectivity index (χ1n) is 8.19. The molecule has 0 aliphatic carbocycles. The molecule has 1 aromatic rings. The first-order valence-corrected chi connectivity index (χ1v) is 8.19. The van der Waals surface area contributed by atoms with Crippen LogP contribution in [0, 0.1) is 5.92 Å². The minimum absolute atomic E-state index is 0. The molecule has 7 nitrogen and oxygen atoms in total. The summed E-state index contributed by atoms with van der Waals surface area (Å²) in [4.78, 5) is 28.3. The number of carbonyl (C=O) groups is 2. The Labute approximate surface area is 149 Å². The van der Waals surface area contributed by atoms with Gasteiger partial charge in [-0.3, -0.25) is 14.3 Å². The molecule has 0 spiro atoms. The molecule has 2 rings (SSSR count). The van der Waals surface area contributed by atoms with Gasteiger partial charge in [0.2, 0.25) is 11.8 Å². The summed E-state index contributed by atoms with van der Waals surface area (Å²) in [7, 11) is 3.58. The van der Waals surface area contributed by atoms with Gasteiger partial charge in [0, 0.05) is 52.4 Å². The number of halogens is 1. The standard InChI is InChI=1S/C16H27N5O2.ClH/c1-5-21(6-2)15(22)11-19(3)16(23)14-9-17-8-13(14)12-7-18-20(4)10-12;/h7,10,13-14,17H,5-6,8-9,11H2,1-4H3;1H/t13-,14+;/m1./s1. The largest absolute Gasteiger partial charge is 0.342 e. The molecule has 1 N–H and O–H groups in total. The van der Waals surface area contributed by atoms with Crippen molar-refractivity contribution in [1.82, 2.24) is 24.9 Å². The van der Waals surface area contributed by atoms with Gasteiger partial charge in [-0.2, -0.15) is 5.10 Å². The van der Waals surface area contributed by atoms with Crippen molar-refractivity contribution >= 4 is 24.2 Å². The van der Waals surface area contributed by atoms with E-state index in [1.165, 1.54) is 0 Å². The lowest BCUT2D eigenvalue weighted by Crippen LogP contribution is -2.44. The number of rotatable bonds is 6. The van der Waals surface area contributed by atoms with Gasteiger partial charge in [0.15, 0.2) is 0 Å². The average molecular weight is 358 g/mol. The van der Waals surface area contributed by atoms with Crippen molar-refractivity contribution in [2.24, 2.45) is 13.0 Å². The summed E-state index contributed by atoms with van der Waals surface area (Å²) in [5.41, 5.74) is 1.07. The van der Waals surface area contributed by atoms with E-state index in [-0.39, 0.29) is 42.6 Å². The van der Waals surface area contributed by atoms with Crippen LogP contribution in [0.1, 0.15) is 25.3 Å². The molecule has 0 unspecified atom stereocenters. The lowest BCUT2D eigenvalue weighted by atomic mass is 9.90. The Morgan fingerprint density at radius 3 is 2.54 bits per heavy atom. The Kier molecular flexibility index (Phi) is 7.69. The predicted molar refractivity (Wildman–Crippen MR) is 95.1 cm³/mol. The van der Waals surface area contributed by atoms with E-state index in [4.69, 9.17) is 0 Å². The van der Waals surface area contributed by atoms with Crippen molar-refractivity contribution in [3.05, 3.63) is 18.0 Å². The second-order valence-electron chi connectivity index (χ2n) is 6.08. The first kappa shape index (κ1) is 20.4. The molecule has 2 atom stereocenters. The van der Waals surface area contributed by atoms with E-state index < -0.39 is 0 Å². The summed E-state index contributed by atoms with van der Waals surface area (Å²) >= 11 is 0. The van der Waals surface area contributed by atoms with Gasteiger partial charge in [-0.25, -0.2) is 0 Å². The minimum atomic E-state index is -0.145. The zero-order valence-corrected chi connectivity index (χ0v) is 15.7. The summed E-state index contributed by atoms with van der Waals surface area (Å²) in [5.74, 6) is -0.0185. The Balaban J connectivity index is 0.00000288. The van der Waals surface area contributed by atoms with Gasteiger partial charge in [0.05, 0.1) is 18.7 Å². The molecule has 1 aliphatic heterocycles. The van der Waals surface area contributed by atoms with E-state index in [9.17, 15) is 9.59 Å². The van der Waals surface area contributed by atoms with Crippen molar-refractivity contribution in [3.8, 4) is 0 Å². The van der Waals surface area contributed by atoms with E-state index in [1.54, 1.807) is 21.5 Å². The average Bonchev–Trinajstić information content (AvgIpc) is 3.15. The second kappa shape index (κ2) is 9.03. The van der Waals surface area contributed by atoms with Gasteiger partial charge in [-0.05, 0) is 19.4 Å². The molecule has 2 heterocycles. The fraction of sp³-hybridized carbons (Fsp3) is 0.688. The van der Waals surface area contributed by atoms with Crippen LogP contribution in [0.5, 0.6) is 0 Å². The summed E-state index contributed by atoms with van der Waals surface area (Å²) in [6.07, 6.45) is 3.78. The lowest BCUT2D eigenvalue weighted by Gasteiger charge is -2.26. The fourth-order valence-electron chi connectivity index (χ4n) is 3.16. The number of carbonyl (C=O) groups excluding carboxylic acids is 2. The Bertz CT molecular complexity index is 558.